The molecule has 2 aliphatic rings. The molecule has 0 spiro atoms. The first-order valence-corrected chi connectivity index (χ1v) is 14.8. The zero-order valence-corrected chi connectivity index (χ0v) is 19.7. The smallest absolute Gasteiger partial charge is 0.162 e. The van der Waals surface area contributed by atoms with Crippen LogP contribution in [0.25, 0.3) is 11.1 Å². The van der Waals surface area contributed by atoms with Crippen LogP contribution in [0.3, 0.4) is 0 Å². The molecular weight excluding hydrogens is 409 g/mol. The lowest BCUT2D eigenvalue weighted by molar-refractivity contribution is 0.418. The highest BCUT2D eigenvalue weighted by atomic mass is 28.3. The molecule has 0 bridgehead atoms. The van der Waals surface area contributed by atoms with E-state index >= 15 is 0 Å². The molecule has 1 aliphatic carbocycles. The van der Waals surface area contributed by atoms with E-state index in [2.05, 4.69) is 24.3 Å². The number of rotatable bonds is 7. The average molecular weight is 445 g/mol. The van der Waals surface area contributed by atoms with Gasteiger partial charge in [0.15, 0.2) is 11.6 Å². The van der Waals surface area contributed by atoms with Gasteiger partial charge in [0.25, 0.3) is 0 Å². The highest BCUT2D eigenvalue weighted by Crippen LogP contribution is 2.41. The molecule has 1 heterocycles. The second kappa shape index (κ2) is 10.8. The summed E-state index contributed by atoms with van der Waals surface area (Å²) in [5.74, 6) is -0.642. The van der Waals surface area contributed by atoms with Crippen molar-refractivity contribution in [2.45, 2.75) is 87.8 Å². The Balaban J connectivity index is 1.47. The molecule has 0 nitrogen and oxygen atoms in total. The fourth-order valence-electron chi connectivity index (χ4n) is 5.86. The van der Waals surface area contributed by atoms with Gasteiger partial charge in [-0.05, 0) is 66.7 Å². The van der Waals surface area contributed by atoms with Crippen LogP contribution in [0.15, 0.2) is 36.4 Å². The summed E-state index contributed by atoms with van der Waals surface area (Å²) in [6, 6.07) is 15.7. The van der Waals surface area contributed by atoms with Gasteiger partial charge < -0.3 is 0 Å². The fourth-order valence-corrected chi connectivity index (χ4v) is 9.33. The van der Waals surface area contributed by atoms with E-state index in [1.165, 1.54) is 49.0 Å². The summed E-state index contributed by atoms with van der Waals surface area (Å²) < 4.78 is 41.3. The number of hydrogen-bond donors (Lipinski definition) is 0. The normalized spacial score (nSPS) is 22.5. The maximum atomic E-state index is 14.9. The predicted molar refractivity (Wildman–Crippen MR) is 126 cm³/mol. The summed E-state index contributed by atoms with van der Waals surface area (Å²) in [7, 11) is -0.657. The van der Waals surface area contributed by atoms with Crippen LogP contribution in [0.2, 0.25) is 18.1 Å². The van der Waals surface area contributed by atoms with Crippen LogP contribution in [-0.2, 0) is 0 Å². The average Bonchev–Trinajstić information content (AvgIpc) is 2.82. The number of benzene rings is 2. The highest BCUT2D eigenvalue weighted by molar-refractivity contribution is 6.59. The summed E-state index contributed by atoms with van der Waals surface area (Å²) in [5, 5.41) is 0. The van der Waals surface area contributed by atoms with Crippen molar-refractivity contribution in [3.05, 3.63) is 59.2 Å². The van der Waals surface area contributed by atoms with Crippen LogP contribution in [0.4, 0.5) is 13.2 Å². The molecule has 31 heavy (non-hydrogen) atoms. The zero-order valence-electron chi connectivity index (χ0n) is 18.5. The van der Waals surface area contributed by atoms with Crippen LogP contribution in [0.1, 0.15) is 80.8 Å². The minimum atomic E-state index is -0.728. The Morgan fingerprint density at radius 1 is 0.774 bits per heavy atom. The maximum Gasteiger partial charge on any atom is 0.162 e. The molecule has 4 rings (SSSR count). The largest absolute Gasteiger partial charge is 0.251 e. The van der Waals surface area contributed by atoms with E-state index in [0.717, 1.165) is 49.7 Å². The Bertz CT molecular complexity index is 834. The lowest BCUT2D eigenvalue weighted by atomic mass is 9.80. The van der Waals surface area contributed by atoms with Gasteiger partial charge in [-0.1, -0.05) is 74.1 Å². The van der Waals surface area contributed by atoms with E-state index in [1.807, 2.05) is 0 Å². The summed E-state index contributed by atoms with van der Waals surface area (Å²) in [6.07, 6.45) is 9.60. The molecule has 0 amide bonds. The second-order valence-corrected chi connectivity index (χ2v) is 13.1. The molecule has 0 atom stereocenters. The van der Waals surface area contributed by atoms with Crippen molar-refractivity contribution in [3.8, 4) is 11.1 Å². The van der Waals surface area contributed by atoms with Crippen molar-refractivity contribution in [2.75, 3.05) is 6.67 Å². The maximum absolute atomic E-state index is 14.9. The molecule has 0 radical (unpaired) electrons. The van der Waals surface area contributed by atoms with Gasteiger partial charge in [-0.25, -0.2) is 8.78 Å². The molecule has 1 saturated carbocycles. The molecular formula is C27H35F3Si. The van der Waals surface area contributed by atoms with Crippen molar-refractivity contribution in [3.63, 3.8) is 0 Å². The van der Waals surface area contributed by atoms with Gasteiger partial charge >= 0.3 is 0 Å². The summed E-state index contributed by atoms with van der Waals surface area (Å²) in [6.45, 7) is -0.170. The van der Waals surface area contributed by atoms with Crippen molar-refractivity contribution >= 4 is 8.80 Å². The Hall–Kier alpha value is -1.55. The van der Waals surface area contributed by atoms with Gasteiger partial charge in [-0.2, -0.15) is 0 Å². The van der Waals surface area contributed by atoms with Gasteiger partial charge in [0.2, 0.25) is 0 Å². The SMILES string of the molecule is FCCCC[Si@H]1CC[C@H](c2ccc(-c3ccc(F)c(F)c3C3CCCCC3)cc2)CC1. The van der Waals surface area contributed by atoms with Crippen molar-refractivity contribution in [1.29, 1.82) is 0 Å². The molecule has 0 N–H and O–H groups in total. The molecule has 2 aromatic carbocycles. The number of unbranched alkanes of at least 4 members (excludes halogenated alkanes) is 1. The van der Waals surface area contributed by atoms with Crippen molar-refractivity contribution < 1.29 is 13.2 Å². The van der Waals surface area contributed by atoms with E-state index in [9.17, 15) is 13.2 Å². The monoisotopic (exact) mass is 444 g/mol. The molecule has 0 aromatic heterocycles. The predicted octanol–water partition coefficient (Wildman–Crippen LogP) is 8.53. The Morgan fingerprint density at radius 2 is 1.48 bits per heavy atom. The first-order valence-electron chi connectivity index (χ1n) is 12.3. The topological polar surface area (TPSA) is 0 Å². The van der Waals surface area contributed by atoms with Crippen LogP contribution >= 0.6 is 0 Å². The van der Waals surface area contributed by atoms with Gasteiger partial charge in [0, 0.05) is 14.4 Å². The molecule has 1 saturated heterocycles. The molecule has 2 fully saturated rings. The first-order chi connectivity index (χ1) is 15.2. The van der Waals surface area contributed by atoms with E-state index in [1.54, 1.807) is 6.07 Å². The van der Waals surface area contributed by atoms with E-state index in [-0.39, 0.29) is 12.6 Å². The number of halogens is 3. The van der Waals surface area contributed by atoms with Gasteiger partial charge in [0.05, 0.1) is 6.67 Å². The van der Waals surface area contributed by atoms with Gasteiger partial charge in [0.1, 0.15) is 0 Å². The molecule has 2 aromatic rings. The third-order valence-corrected chi connectivity index (χ3v) is 11.2. The minimum Gasteiger partial charge on any atom is -0.251 e. The summed E-state index contributed by atoms with van der Waals surface area (Å²) in [5.41, 5.74) is 3.83. The molecule has 1 aliphatic heterocycles. The lowest BCUT2D eigenvalue weighted by Crippen LogP contribution is -2.20. The zero-order chi connectivity index (χ0) is 21.6. The Labute approximate surface area is 186 Å². The Morgan fingerprint density at radius 3 is 2.16 bits per heavy atom. The lowest BCUT2D eigenvalue weighted by Gasteiger charge is -2.28. The molecule has 168 valence electrons. The van der Waals surface area contributed by atoms with Crippen LogP contribution < -0.4 is 0 Å². The fraction of sp³-hybridized carbons (Fsp3) is 0.556. The standard InChI is InChI=1S/C27H35F3Si/c28-16-4-5-17-31-18-14-21(15-19-31)20-8-10-22(11-9-20)24-12-13-25(29)27(30)26(24)23-6-2-1-3-7-23/h8-13,21,23,31H,1-7,14-19H2/t21-,31-. The van der Waals surface area contributed by atoms with Gasteiger partial charge in [-0.3, -0.25) is 4.39 Å². The summed E-state index contributed by atoms with van der Waals surface area (Å²) in [4.78, 5) is 0. The van der Waals surface area contributed by atoms with Crippen LogP contribution in [0, 0.1) is 11.6 Å². The van der Waals surface area contributed by atoms with E-state index in [0.29, 0.717) is 11.5 Å². The van der Waals surface area contributed by atoms with Crippen molar-refractivity contribution in [2.24, 2.45) is 0 Å². The van der Waals surface area contributed by atoms with E-state index < -0.39 is 20.4 Å². The molecule has 0 unspecified atom stereocenters. The quantitative estimate of drug-likeness (QED) is 0.296. The first kappa shape index (κ1) is 22.6. The highest BCUT2D eigenvalue weighted by Gasteiger charge is 2.26. The minimum absolute atomic E-state index is 0.122. The van der Waals surface area contributed by atoms with Crippen LogP contribution in [0.5, 0.6) is 0 Å². The van der Waals surface area contributed by atoms with Crippen LogP contribution in [-0.4, -0.2) is 15.5 Å². The van der Waals surface area contributed by atoms with E-state index in [4.69, 9.17) is 0 Å². The third kappa shape index (κ3) is 5.45. The summed E-state index contributed by atoms with van der Waals surface area (Å²) >= 11 is 0. The Kier molecular flexibility index (Phi) is 7.92. The second-order valence-electron chi connectivity index (χ2n) is 9.68. The number of hydrogen-bond acceptors (Lipinski definition) is 0. The number of alkyl halides is 1. The molecule has 4 heteroatoms. The third-order valence-electron chi connectivity index (χ3n) is 7.68. The van der Waals surface area contributed by atoms with Gasteiger partial charge in [-0.15, -0.1) is 0 Å². The van der Waals surface area contributed by atoms with Crippen molar-refractivity contribution in [1.82, 2.24) is 0 Å².